The molecule has 0 saturated carbocycles. The summed E-state index contributed by atoms with van der Waals surface area (Å²) in [5.74, 6) is -1.72. The minimum Gasteiger partial charge on any atom is -0.478 e. The number of aromatic carboxylic acids is 1. The van der Waals surface area contributed by atoms with Gasteiger partial charge < -0.3 is 5.11 Å². The lowest BCUT2D eigenvalue weighted by atomic mass is 10.2. The summed E-state index contributed by atoms with van der Waals surface area (Å²) in [5.41, 5.74) is 0.747. The molecule has 0 spiro atoms. The molecule has 128 valence electrons. The van der Waals surface area contributed by atoms with E-state index in [4.69, 9.17) is 9.29 Å². The number of halogens is 1. The van der Waals surface area contributed by atoms with Crippen molar-refractivity contribution in [3.8, 4) is 0 Å². The average Bonchev–Trinajstić information content (AvgIpc) is 2.55. The standard InChI is InChI=1S/C15H15FN2O5S/c16-12-2-1-3-14(8-12)24(21,22)23-10-17-7-6-13-5-4-11(9-18-13)15(19)20/h1-5,8-9,17H,6-7,10H2,(H,19,20). The zero-order chi connectivity index (χ0) is 17.6. The van der Waals surface area contributed by atoms with Gasteiger partial charge in [-0.25, -0.2) is 9.18 Å². The lowest BCUT2D eigenvalue weighted by Crippen LogP contribution is -2.23. The number of nitrogens with zero attached hydrogens (tertiary/aromatic N) is 1. The fraction of sp³-hybridized carbons (Fsp3) is 0.200. The first-order chi connectivity index (χ1) is 11.4. The van der Waals surface area contributed by atoms with Crippen molar-refractivity contribution >= 4 is 16.1 Å². The van der Waals surface area contributed by atoms with Gasteiger partial charge in [-0.2, -0.15) is 8.42 Å². The highest BCUT2D eigenvalue weighted by atomic mass is 32.2. The Balaban J connectivity index is 1.77. The van der Waals surface area contributed by atoms with Crippen LogP contribution in [0.25, 0.3) is 0 Å². The predicted molar refractivity (Wildman–Crippen MR) is 82.4 cm³/mol. The first-order valence-electron chi connectivity index (χ1n) is 6.92. The fourth-order valence-electron chi connectivity index (χ4n) is 1.80. The van der Waals surface area contributed by atoms with Gasteiger partial charge in [-0.3, -0.25) is 14.5 Å². The van der Waals surface area contributed by atoms with Crippen molar-refractivity contribution < 1.29 is 26.9 Å². The predicted octanol–water partition coefficient (Wildman–Crippen LogP) is 1.41. The lowest BCUT2D eigenvalue weighted by molar-refractivity contribution is 0.0696. The van der Waals surface area contributed by atoms with E-state index in [-0.39, 0.29) is 17.2 Å². The van der Waals surface area contributed by atoms with E-state index >= 15 is 0 Å². The van der Waals surface area contributed by atoms with Gasteiger partial charge in [0, 0.05) is 24.9 Å². The molecule has 7 nitrogen and oxygen atoms in total. The highest BCUT2D eigenvalue weighted by molar-refractivity contribution is 7.86. The topological polar surface area (TPSA) is 106 Å². The van der Waals surface area contributed by atoms with Gasteiger partial charge in [-0.05, 0) is 30.3 Å². The summed E-state index contributed by atoms with van der Waals surface area (Å²) in [5, 5.41) is 11.5. The van der Waals surface area contributed by atoms with Crippen molar-refractivity contribution in [2.24, 2.45) is 0 Å². The normalized spacial score (nSPS) is 11.4. The monoisotopic (exact) mass is 354 g/mol. The van der Waals surface area contributed by atoms with Crippen LogP contribution >= 0.6 is 0 Å². The molecule has 2 aromatic rings. The molecule has 1 heterocycles. The van der Waals surface area contributed by atoms with E-state index in [1.165, 1.54) is 24.4 Å². The van der Waals surface area contributed by atoms with E-state index < -0.39 is 21.9 Å². The van der Waals surface area contributed by atoms with Crippen molar-refractivity contribution in [1.29, 1.82) is 0 Å². The molecule has 0 aliphatic carbocycles. The fourth-order valence-corrected chi connectivity index (χ4v) is 2.67. The summed E-state index contributed by atoms with van der Waals surface area (Å²) < 4.78 is 41.4. The van der Waals surface area contributed by atoms with Gasteiger partial charge in [0.1, 0.15) is 12.5 Å². The van der Waals surface area contributed by atoms with E-state index in [1.807, 2.05) is 0 Å². The third-order valence-corrected chi connectivity index (χ3v) is 4.29. The zero-order valence-corrected chi connectivity index (χ0v) is 13.3. The van der Waals surface area contributed by atoms with Gasteiger partial charge in [0.25, 0.3) is 10.1 Å². The highest BCUT2D eigenvalue weighted by Gasteiger charge is 2.15. The molecular formula is C15H15FN2O5S. The maximum absolute atomic E-state index is 13.0. The van der Waals surface area contributed by atoms with E-state index in [2.05, 4.69) is 10.3 Å². The average molecular weight is 354 g/mol. The number of hydrogen-bond donors (Lipinski definition) is 2. The summed E-state index contributed by atoms with van der Waals surface area (Å²) >= 11 is 0. The molecule has 0 saturated heterocycles. The molecule has 0 unspecified atom stereocenters. The largest absolute Gasteiger partial charge is 0.478 e. The third kappa shape index (κ3) is 5.08. The van der Waals surface area contributed by atoms with Crippen LogP contribution in [-0.2, 0) is 20.7 Å². The molecule has 1 aromatic carbocycles. The maximum Gasteiger partial charge on any atom is 0.337 e. The van der Waals surface area contributed by atoms with Crippen molar-refractivity contribution in [2.75, 3.05) is 13.3 Å². The Hall–Kier alpha value is -2.36. The molecule has 1 aromatic heterocycles. The van der Waals surface area contributed by atoms with Gasteiger partial charge in [0.05, 0.1) is 10.5 Å². The Morgan fingerprint density at radius 1 is 1.29 bits per heavy atom. The summed E-state index contributed by atoms with van der Waals surface area (Å²) in [6.07, 6.45) is 1.71. The molecule has 0 bridgehead atoms. The number of carboxylic acids is 1. The van der Waals surface area contributed by atoms with Gasteiger partial charge in [0.15, 0.2) is 0 Å². The van der Waals surface area contributed by atoms with Crippen LogP contribution < -0.4 is 5.32 Å². The maximum atomic E-state index is 13.0. The van der Waals surface area contributed by atoms with Crippen LogP contribution in [0, 0.1) is 5.82 Å². The van der Waals surface area contributed by atoms with E-state index in [9.17, 15) is 17.6 Å². The van der Waals surface area contributed by atoms with Crippen LogP contribution in [0.1, 0.15) is 16.1 Å². The molecule has 0 radical (unpaired) electrons. The third-order valence-electron chi connectivity index (χ3n) is 3.03. The van der Waals surface area contributed by atoms with E-state index in [1.54, 1.807) is 6.07 Å². The Bertz CT molecular complexity index is 809. The highest BCUT2D eigenvalue weighted by Crippen LogP contribution is 2.12. The Labute approximate surface area is 138 Å². The molecule has 24 heavy (non-hydrogen) atoms. The van der Waals surface area contributed by atoms with Crippen LogP contribution in [0.3, 0.4) is 0 Å². The summed E-state index contributed by atoms with van der Waals surface area (Å²) in [7, 11) is -4.03. The first-order valence-corrected chi connectivity index (χ1v) is 8.33. The number of aromatic nitrogens is 1. The minimum atomic E-state index is -4.03. The Morgan fingerprint density at radius 3 is 2.71 bits per heavy atom. The Kier molecular flexibility index (Phi) is 5.96. The van der Waals surface area contributed by atoms with Crippen LogP contribution in [0.4, 0.5) is 4.39 Å². The minimum absolute atomic E-state index is 0.0937. The second kappa shape index (κ2) is 7.95. The molecule has 0 atom stereocenters. The van der Waals surface area contributed by atoms with Crippen molar-refractivity contribution in [1.82, 2.24) is 10.3 Å². The molecule has 9 heteroatoms. The molecular weight excluding hydrogens is 339 g/mol. The number of nitrogens with one attached hydrogen (secondary N) is 1. The van der Waals surface area contributed by atoms with Gasteiger partial charge in [-0.15, -0.1) is 0 Å². The number of benzene rings is 1. The van der Waals surface area contributed by atoms with Crippen LogP contribution in [0.5, 0.6) is 0 Å². The molecule has 0 aliphatic rings. The second-order valence-corrected chi connectivity index (χ2v) is 6.38. The van der Waals surface area contributed by atoms with Crippen molar-refractivity contribution in [3.63, 3.8) is 0 Å². The molecule has 0 amide bonds. The zero-order valence-electron chi connectivity index (χ0n) is 12.5. The lowest BCUT2D eigenvalue weighted by Gasteiger charge is -2.07. The smallest absolute Gasteiger partial charge is 0.337 e. The SMILES string of the molecule is O=C(O)c1ccc(CCNCOS(=O)(=O)c2cccc(F)c2)nc1. The second-order valence-electron chi connectivity index (χ2n) is 4.77. The number of carbonyl (C=O) groups is 1. The van der Waals surface area contributed by atoms with Gasteiger partial charge >= 0.3 is 5.97 Å². The van der Waals surface area contributed by atoms with E-state index in [0.29, 0.717) is 18.7 Å². The van der Waals surface area contributed by atoms with Crippen LogP contribution in [0.15, 0.2) is 47.5 Å². The number of carboxylic acid groups (broad SMARTS) is 1. The summed E-state index contributed by atoms with van der Waals surface area (Å²) in [6, 6.07) is 7.56. The van der Waals surface area contributed by atoms with Gasteiger partial charge in [-0.1, -0.05) is 6.07 Å². The quantitative estimate of drug-likeness (QED) is 0.419. The Morgan fingerprint density at radius 2 is 2.08 bits per heavy atom. The van der Waals surface area contributed by atoms with Gasteiger partial charge in [0.2, 0.25) is 0 Å². The van der Waals surface area contributed by atoms with Crippen LogP contribution in [-0.4, -0.2) is 37.8 Å². The molecule has 2 rings (SSSR count). The van der Waals surface area contributed by atoms with Crippen molar-refractivity contribution in [3.05, 3.63) is 59.7 Å². The molecule has 0 fully saturated rings. The van der Waals surface area contributed by atoms with Crippen molar-refractivity contribution in [2.45, 2.75) is 11.3 Å². The number of hydrogen-bond acceptors (Lipinski definition) is 6. The summed E-state index contributed by atoms with van der Waals surface area (Å²) in [4.78, 5) is 14.4. The summed E-state index contributed by atoms with van der Waals surface area (Å²) in [6.45, 7) is 0.101. The number of rotatable bonds is 8. The first kappa shape index (κ1) is 18.0. The van der Waals surface area contributed by atoms with E-state index in [0.717, 1.165) is 12.1 Å². The number of pyridine rings is 1. The molecule has 2 N–H and O–H groups in total. The molecule has 0 aliphatic heterocycles. The van der Waals surface area contributed by atoms with Crippen LogP contribution in [0.2, 0.25) is 0 Å².